The summed E-state index contributed by atoms with van der Waals surface area (Å²) in [6.45, 7) is 4.10. The number of hydrogen-bond acceptors (Lipinski definition) is 3. The predicted octanol–water partition coefficient (Wildman–Crippen LogP) is 1.35. The van der Waals surface area contributed by atoms with Crippen LogP contribution < -0.4 is 11.1 Å². The van der Waals surface area contributed by atoms with Crippen LogP contribution in [0, 0.1) is 0 Å². The Bertz CT molecular complexity index is 385. The first-order chi connectivity index (χ1) is 6.56. The van der Waals surface area contributed by atoms with Gasteiger partial charge in [0.15, 0.2) is 0 Å². The minimum Gasteiger partial charge on any atom is -0.398 e. The van der Waals surface area contributed by atoms with Crippen molar-refractivity contribution in [3.8, 4) is 0 Å². The number of carbonyl (C=O) groups is 1. The Morgan fingerprint density at radius 1 is 1.50 bits per heavy atom. The lowest BCUT2D eigenvalue weighted by atomic mass is 9.93. The number of benzene rings is 1. The van der Waals surface area contributed by atoms with Crippen LogP contribution in [0.4, 0.5) is 5.69 Å². The van der Waals surface area contributed by atoms with Crippen molar-refractivity contribution in [2.24, 2.45) is 0 Å². The van der Waals surface area contributed by atoms with Gasteiger partial charge in [-0.15, -0.1) is 0 Å². The molecule has 2 rings (SSSR count). The molecule has 1 aliphatic rings. The molecular weight excluding hydrogens is 176 g/mol. The topological polar surface area (TPSA) is 55.1 Å². The van der Waals surface area contributed by atoms with Crippen molar-refractivity contribution in [3.05, 3.63) is 29.3 Å². The summed E-state index contributed by atoms with van der Waals surface area (Å²) >= 11 is 0. The van der Waals surface area contributed by atoms with Crippen molar-refractivity contribution < 1.29 is 4.79 Å². The molecular formula is C11H14N2O. The van der Waals surface area contributed by atoms with Gasteiger partial charge in [0, 0.05) is 16.8 Å². The molecule has 3 nitrogen and oxygen atoms in total. The number of rotatable bonds is 1. The van der Waals surface area contributed by atoms with E-state index in [1.165, 1.54) is 0 Å². The number of aldehydes is 1. The van der Waals surface area contributed by atoms with Gasteiger partial charge in [-0.05, 0) is 25.5 Å². The van der Waals surface area contributed by atoms with Crippen LogP contribution in [0.5, 0.6) is 0 Å². The van der Waals surface area contributed by atoms with Gasteiger partial charge in [-0.2, -0.15) is 0 Å². The standard InChI is InChI=1S/C11H14N2O/c1-11(2)7-4-3-5-8(12)10(7)9(6-14)13-11/h3-6,9,13H,12H2,1-2H3. The second-order valence-corrected chi connectivity index (χ2v) is 4.19. The molecule has 1 aliphatic heterocycles. The highest BCUT2D eigenvalue weighted by molar-refractivity contribution is 5.71. The van der Waals surface area contributed by atoms with Crippen LogP contribution in [0.25, 0.3) is 0 Å². The SMILES string of the molecule is CC1(C)NC(C=O)c2c(N)cccc21. The number of fused-ring (bicyclic) bond motifs is 1. The molecule has 0 bridgehead atoms. The van der Waals surface area contributed by atoms with E-state index < -0.39 is 0 Å². The minimum absolute atomic E-state index is 0.170. The van der Waals surface area contributed by atoms with Crippen LogP contribution in [0.3, 0.4) is 0 Å². The summed E-state index contributed by atoms with van der Waals surface area (Å²) in [5, 5.41) is 3.24. The fourth-order valence-electron chi connectivity index (χ4n) is 2.12. The quantitative estimate of drug-likeness (QED) is 0.519. The first-order valence-corrected chi connectivity index (χ1v) is 4.68. The molecule has 14 heavy (non-hydrogen) atoms. The van der Waals surface area contributed by atoms with Crippen molar-refractivity contribution >= 4 is 12.0 Å². The van der Waals surface area contributed by atoms with Gasteiger partial charge in [0.1, 0.15) is 6.29 Å². The van der Waals surface area contributed by atoms with E-state index in [-0.39, 0.29) is 11.6 Å². The van der Waals surface area contributed by atoms with Gasteiger partial charge in [0.2, 0.25) is 0 Å². The Balaban J connectivity index is 2.65. The summed E-state index contributed by atoms with van der Waals surface area (Å²) in [6.07, 6.45) is 0.907. The predicted molar refractivity (Wildman–Crippen MR) is 55.8 cm³/mol. The Morgan fingerprint density at radius 3 is 2.86 bits per heavy atom. The Hall–Kier alpha value is -1.35. The van der Waals surface area contributed by atoms with Crippen molar-refractivity contribution in [2.75, 3.05) is 5.73 Å². The van der Waals surface area contributed by atoms with Gasteiger partial charge < -0.3 is 10.5 Å². The van der Waals surface area contributed by atoms with Crippen molar-refractivity contribution in [2.45, 2.75) is 25.4 Å². The fourth-order valence-corrected chi connectivity index (χ4v) is 2.12. The molecule has 0 aromatic heterocycles. The normalized spacial score (nSPS) is 23.1. The van der Waals surface area contributed by atoms with Crippen molar-refractivity contribution in [1.82, 2.24) is 5.32 Å². The van der Waals surface area contributed by atoms with Crippen LogP contribution in [0.15, 0.2) is 18.2 Å². The molecule has 74 valence electrons. The number of anilines is 1. The maximum Gasteiger partial charge on any atom is 0.141 e. The third-order valence-electron chi connectivity index (χ3n) is 2.78. The molecule has 0 fully saturated rings. The molecule has 0 spiro atoms. The van der Waals surface area contributed by atoms with E-state index in [4.69, 9.17) is 5.73 Å². The van der Waals surface area contributed by atoms with Gasteiger partial charge in [-0.3, -0.25) is 5.32 Å². The van der Waals surface area contributed by atoms with Crippen LogP contribution >= 0.6 is 0 Å². The summed E-state index contributed by atoms with van der Waals surface area (Å²) in [5.41, 5.74) is 8.44. The lowest BCUT2D eigenvalue weighted by Crippen LogP contribution is -2.32. The largest absolute Gasteiger partial charge is 0.398 e. The third-order valence-corrected chi connectivity index (χ3v) is 2.78. The maximum absolute atomic E-state index is 10.9. The summed E-state index contributed by atoms with van der Waals surface area (Å²) < 4.78 is 0. The minimum atomic E-state index is -0.263. The smallest absolute Gasteiger partial charge is 0.141 e. The van der Waals surface area contributed by atoms with E-state index in [0.717, 1.165) is 17.4 Å². The maximum atomic E-state index is 10.9. The molecule has 0 saturated carbocycles. The lowest BCUT2D eigenvalue weighted by Gasteiger charge is -2.20. The highest BCUT2D eigenvalue weighted by Gasteiger charge is 2.36. The summed E-state index contributed by atoms with van der Waals surface area (Å²) in [7, 11) is 0. The fraction of sp³-hybridized carbons (Fsp3) is 0.364. The monoisotopic (exact) mass is 190 g/mol. The van der Waals surface area contributed by atoms with Crippen LogP contribution in [-0.4, -0.2) is 6.29 Å². The summed E-state index contributed by atoms with van der Waals surface area (Å²) in [6, 6.07) is 5.51. The molecule has 0 radical (unpaired) electrons. The second-order valence-electron chi connectivity index (χ2n) is 4.19. The molecule has 1 unspecified atom stereocenters. The van der Waals surface area contributed by atoms with Gasteiger partial charge in [-0.1, -0.05) is 12.1 Å². The molecule has 0 amide bonds. The Kier molecular flexibility index (Phi) is 1.86. The first-order valence-electron chi connectivity index (χ1n) is 4.68. The van der Waals surface area contributed by atoms with Crippen LogP contribution in [0.2, 0.25) is 0 Å². The van der Waals surface area contributed by atoms with E-state index >= 15 is 0 Å². The highest BCUT2D eigenvalue weighted by Crippen LogP contribution is 2.39. The van der Waals surface area contributed by atoms with Gasteiger partial charge in [0.25, 0.3) is 0 Å². The van der Waals surface area contributed by atoms with E-state index in [1.54, 1.807) is 0 Å². The van der Waals surface area contributed by atoms with Gasteiger partial charge >= 0.3 is 0 Å². The Morgan fingerprint density at radius 2 is 2.21 bits per heavy atom. The van der Waals surface area contributed by atoms with Gasteiger partial charge in [0.05, 0.1) is 6.04 Å². The molecule has 1 atom stereocenters. The zero-order valence-corrected chi connectivity index (χ0v) is 8.37. The van der Waals surface area contributed by atoms with Gasteiger partial charge in [-0.25, -0.2) is 0 Å². The highest BCUT2D eigenvalue weighted by atomic mass is 16.1. The van der Waals surface area contributed by atoms with E-state index in [1.807, 2.05) is 18.2 Å². The molecule has 1 aromatic rings. The average molecular weight is 190 g/mol. The molecule has 1 aromatic carbocycles. The second kappa shape index (κ2) is 2.82. The lowest BCUT2D eigenvalue weighted by molar-refractivity contribution is -0.109. The Labute approximate surface area is 83.3 Å². The first kappa shape index (κ1) is 9.21. The van der Waals surface area contributed by atoms with Crippen molar-refractivity contribution in [3.63, 3.8) is 0 Å². The van der Waals surface area contributed by atoms with E-state index in [9.17, 15) is 4.79 Å². The zero-order valence-electron chi connectivity index (χ0n) is 8.37. The summed E-state index contributed by atoms with van der Waals surface area (Å²) in [4.78, 5) is 10.9. The molecule has 0 aliphatic carbocycles. The number of hydrogen-bond donors (Lipinski definition) is 2. The number of carbonyl (C=O) groups excluding carboxylic acids is 1. The molecule has 1 heterocycles. The van der Waals surface area contributed by atoms with E-state index in [0.29, 0.717) is 5.69 Å². The molecule has 0 saturated heterocycles. The number of nitrogen functional groups attached to an aromatic ring is 1. The van der Waals surface area contributed by atoms with Crippen LogP contribution in [0.1, 0.15) is 31.0 Å². The number of nitrogens with two attached hydrogens (primary N) is 1. The van der Waals surface area contributed by atoms with Crippen molar-refractivity contribution in [1.29, 1.82) is 0 Å². The third kappa shape index (κ3) is 1.13. The number of nitrogens with one attached hydrogen (secondary N) is 1. The molecule has 3 heteroatoms. The van der Waals surface area contributed by atoms with E-state index in [2.05, 4.69) is 19.2 Å². The summed E-state index contributed by atoms with van der Waals surface area (Å²) in [5.74, 6) is 0. The van der Waals surface area contributed by atoms with Crippen LogP contribution in [-0.2, 0) is 10.3 Å². The molecule has 3 N–H and O–H groups in total. The zero-order chi connectivity index (χ0) is 10.3. The average Bonchev–Trinajstić information content (AvgIpc) is 2.40.